The van der Waals surface area contributed by atoms with Gasteiger partial charge in [0.2, 0.25) is 0 Å². The number of carboxylic acids is 1. The molecule has 0 saturated heterocycles. The minimum atomic E-state index is -1.05. The minimum Gasteiger partial charge on any atom is -0.480 e. The average Bonchev–Trinajstić information content (AvgIpc) is 2.78. The standard InChI is InChI=1S/C13H14ClNO4/c1-2-9(13(17)18)15-12(16)11-6-7-5-8(14)3-4-10(7)19-11/h3-5,9,11H,2,6H2,1H3,(H,15,16)(H,17,18)/t9-,11?/m0/s1. The van der Waals surface area contributed by atoms with Gasteiger partial charge in [-0.15, -0.1) is 0 Å². The van der Waals surface area contributed by atoms with Crippen LogP contribution in [0.4, 0.5) is 0 Å². The molecule has 102 valence electrons. The molecule has 0 aromatic heterocycles. The van der Waals surface area contributed by atoms with Crippen molar-refractivity contribution in [2.75, 3.05) is 0 Å². The van der Waals surface area contributed by atoms with Crippen LogP contribution in [0.3, 0.4) is 0 Å². The van der Waals surface area contributed by atoms with Crippen molar-refractivity contribution in [3.8, 4) is 5.75 Å². The Hall–Kier alpha value is -1.75. The third-order valence-corrected chi connectivity index (χ3v) is 3.25. The molecule has 1 heterocycles. The number of rotatable bonds is 4. The van der Waals surface area contributed by atoms with E-state index >= 15 is 0 Å². The molecule has 1 amide bonds. The highest BCUT2D eigenvalue weighted by atomic mass is 35.5. The molecule has 1 aromatic rings. The summed E-state index contributed by atoms with van der Waals surface area (Å²) in [5.74, 6) is -0.844. The van der Waals surface area contributed by atoms with Crippen LogP contribution in [0.15, 0.2) is 18.2 Å². The molecule has 1 aromatic carbocycles. The zero-order chi connectivity index (χ0) is 14.0. The molecule has 0 spiro atoms. The molecule has 19 heavy (non-hydrogen) atoms. The molecule has 0 aliphatic carbocycles. The molecule has 6 heteroatoms. The van der Waals surface area contributed by atoms with Crippen LogP contribution >= 0.6 is 11.6 Å². The van der Waals surface area contributed by atoms with Crippen molar-refractivity contribution in [2.24, 2.45) is 0 Å². The van der Waals surface area contributed by atoms with Crippen LogP contribution in [0.1, 0.15) is 18.9 Å². The van der Waals surface area contributed by atoms with E-state index in [1.165, 1.54) is 0 Å². The third-order valence-electron chi connectivity index (χ3n) is 3.01. The minimum absolute atomic E-state index is 0.326. The van der Waals surface area contributed by atoms with Gasteiger partial charge in [-0.3, -0.25) is 4.79 Å². The number of hydrogen-bond donors (Lipinski definition) is 2. The van der Waals surface area contributed by atoms with Crippen molar-refractivity contribution in [2.45, 2.75) is 31.9 Å². The lowest BCUT2D eigenvalue weighted by atomic mass is 10.1. The van der Waals surface area contributed by atoms with Crippen LogP contribution in [0.5, 0.6) is 5.75 Å². The van der Waals surface area contributed by atoms with Gasteiger partial charge in [-0.2, -0.15) is 0 Å². The van der Waals surface area contributed by atoms with Crippen LogP contribution in [0.2, 0.25) is 5.02 Å². The first-order valence-corrected chi connectivity index (χ1v) is 6.37. The highest BCUT2D eigenvalue weighted by molar-refractivity contribution is 6.30. The number of aliphatic carboxylic acids is 1. The second kappa shape index (κ2) is 5.48. The molecule has 0 radical (unpaired) electrons. The molecule has 5 nitrogen and oxygen atoms in total. The van der Waals surface area contributed by atoms with Crippen molar-refractivity contribution >= 4 is 23.5 Å². The zero-order valence-electron chi connectivity index (χ0n) is 10.4. The average molecular weight is 284 g/mol. The fourth-order valence-electron chi connectivity index (χ4n) is 1.97. The summed E-state index contributed by atoms with van der Waals surface area (Å²) in [7, 11) is 0. The maximum Gasteiger partial charge on any atom is 0.326 e. The first-order valence-electron chi connectivity index (χ1n) is 5.99. The number of ether oxygens (including phenoxy) is 1. The number of amides is 1. The summed E-state index contributed by atoms with van der Waals surface area (Å²) in [5, 5.41) is 11.9. The SMILES string of the molecule is CC[C@H](NC(=O)C1Cc2cc(Cl)ccc2O1)C(=O)O. The molecule has 2 rings (SSSR count). The predicted molar refractivity (Wildman–Crippen MR) is 69.4 cm³/mol. The molecular weight excluding hydrogens is 270 g/mol. The van der Waals surface area contributed by atoms with E-state index in [2.05, 4.69) is 5.32 Å². The molecule has 1 aliphatic rings. The number of carbonyl (C=O) groups is 2. The quantitative estimate of drug-likeness (QED) is 0.880. The van der Waals surface area contributed by atoms with Crippen LogP contribution in [0.25, 0.3) is 0 Å². The van der Waals surface area contributed by atoms with Crippen molar-refractivity contribution in [1.29, 1.82) is 0 Å². The van der Waals surface area contributed by atoms with Crippen LogP contribution in [-0.2, 0) is 16.0 Å². The Balaban J connectivity index is 2.02. The Morgan fingerprint density at radius 2 is 2.32 bits per heavy atom. The molecular formula is C13H14ClNO4. The number of nitrogens with one attached hydrogen (secondary N) is 1. The fourth-order valence-corrected chi connectivity index (χ4v) is 2.16. The van der Waals surface area contributed by atoms with E-state index in [-0.39, 0.29) is 0 Å². The molecule has 0 saturated carbocycles. The fraction of sp³-hybridized carbons (Fsp3) is 0.385. The predicted octanol–water partition coefficient (Wildman–Crippen LogP) is 1.62. The molecule has 0 bridgehead atoms. The van der Waals surface area contributed by atoms with Gasteiger partial charge in [0.15, 0.2) is 6.10 Å². The van der Waals surface area contributed by atoms with Gasteiger partial charge in [-0.1, -0.05) is 18.5 Å². The Bertz CT molecular complexity index is 517. The number of carbonyl (C=O) groups excluding carboxylic acids is 1. The summed E-state index contributed by atoms with van der Waals surface area (Å²) in [4.78, 5) is 22.8. The van der Waals surface area contributed by atoms with E-state index in [9.17, 15) is 9.59 Å². The second-order valence-electron chi connectivity index (χ2n) is 4.37. The zero-order valence-corrected chi connectivity index (χ0v) is 11.1. The molecule has 1 aliphatic heterocycles. The van der Waals surface area contributed by atoms with Crippen molar-refractivity contribution in [1.82, 2.24) is 5.32 Å². The lowest BCUT2D eigenvalue weighted by molar-refractivity contribution is -0.143. The van der Waals surface area contributed by atoms with Crippen molar-refractivity contribution in [3.05, 3.63) is 28.8 Å². The highest BCUT2D eigenvalue weighted by Gasteiger charge is 2.31. The van der Waals surface area contributed by atoms with E-state index < -0.39 is 24.0 Å². The number of hydrogen-bond acceptors (Lipinski definition) is 3. The number of carboxylic acid groups (broad SMARTS) is 1. The Morgan fingerprint density at radius 1 is 1.58 bits per heavy atom. The van der Waals surface area contributed by atoms with E-state index in [0.717, 1.165) is 5.56 Å². The Labute approximate surface area is 115 Å². The van der Waals surface area contributed by atoms with E-state index in [0.29, 0.717) is 23.6 Å². The summed E-state index contributed by atoms with van der Waals surface area (Å²) in [6.45, 7) is 1.70. The molecule has 2 atom stereocenters. The highest BCUT2D eigenvalue weighted by Crippen LogP contribution is 2.31. The van der Waals surface area contributed by atoms with Crippen LogP contribution < -0.4 is 10.1 Å². The van der Waals surface area contributed by atoms with E-state index in [1.54, 1.807) is 25.1 Å². The van der Waals surface area contributed by atoms with Gasteiger partial charge in [0.1, 0.15) is 11.8 Å². The van der Waals surface area contributed by atoms with E-state index in [4.69, 9.17) is 21.4 Å². The number of benzene rings is 1. The molecule has 2 N–H and O–H groups in total. The van der Waals surface area contributed by atoms with Gasteiger partial charge in [0.25, 0.3) is 5.91 Å². The van der Waals surface area contributed by atoms with Gasteiger partial charge in [-0.25, -0.2) is 4.79 Å². The van der Waals surface area contributed by atoms with Gasteiger partial charge in [0.05, 0.1) is 0 Å². The Kier molecular flexibility index (Phi) is 3.95. The van der Waals surface area contributed by atoms with Crippen LogP contribution in [-0.4, -0.2) is 29.1 Å². The first-order chi connectivity index (χ1) is 9.01. The smallest absolute Gasteiger partial charge is 0.326 e. The topological polar surface area (TPSA) is 75.6 Å². The summed E-state index contributed by atoms with van der Waals surface area (Å²) < 4.78 is 5.49. The maximum absolute atomic E-state index is 11.9. The molecule has 1 unspecified atom stereocenters. The summed E-state index contributed by atoms with van der Waals surface area (Å²) in [6, 6.07) is 4.26. The van der Waals surface area contributed by atoms with Gasteiger partial charge in [0, 0.05) is 11.4 Å². The summed E-state index contributed by atoms with van der Waals surface area (Å²) >= 11 is 5.87. The first kappa shape index (κ1) is 13.7. The normalized spacial score (nSPS) is 18.3. The number of fused-ring (bicyclic) bond motifs is 1. The van der Waals surface area contributed by atoms with E-state index in [1.807, 2.05) is 0 Å². The lowest BCUT2D eigenvalue weighted by Gasteiger charge is -2.15. The second-order valence-corrected chi connectivity index (χ2v) is 4.81. The molecule has 0 fully saturated rings. The maximum atomic E-state index is 11.9. The summed E-state index contributed by atoms with van der Waals surface area (Å²) in [5.41, 5.74) is 0.857. The van der Waals surface area contributed by atoms with Gasteiger partial charge >= 0.3 is 5.97 Å². The Morgan fingerprint density at radius 3 is 2.95 bits per heavy atom. The van der Waals surface area contributed by atoms with Crippen LogP contribution in [0, 0.1) is 0 Å². The lowest BCUT2D eigenvalue weighted by Crippen LogP contribution is -2.46. The largest absolute Gasteiger partial charge is 0.480 e. The van der Waals surface area contributed by atoms with Gasteiger partial charge < -0.3 is 15.2 Å². The van der Waals surface area contributed by atoms with Crippen molar-refractivity contribution < 1.29 is 19.4 Å². The third kappa shape index (κ3) is 2.98. The summed E-state index contributed by atoms with van der Waals surface area (Å²) in [6.07, 6.45) is 0.0338. The monoisotopic (exact) mass is 283 g/mol. The van der Waals surface area contributed by atoms with Crippen molar-refractivity contribution in [3.63, 3.8) is 0 Å². The van der Waals surface area contributed by atoms with Gasteiger partial charge in [-0.05, 0) is 30.2 Å². The number of halogens is 1.